The second-order valence-corrected chi connectivity index (χ2v) is 12.0. The molecule has 0 radical (unpaired) electrons. The SMILES string of the molecule is CC(=O)Sc1c(F)c(F)c(C#Cc2ccc(-c3ccc(C#Cc4c(F)c(F)c(SC(C)=O)c(F)c4F)cc3C)c(C)c2)c(F)c1F. The van der Waals surface area contributed by atoms with E-state index in [2.05, 4.69) is 23.7 Å². The first-order valence-electron chi connectivity index (χ1n) is 13.0. The number of carbonyl (C=O) groups excluding carboxylic acids is 2. The van der Waals surface area contributed by atoms with E-state index in [0.29, 0.717) is 22.3 Å². The van der Waals surface area contributed by atoms with Gasteiger partial charge in [-0.2, -0.15) is 0 Å². The van der Waals surface area contributed by atoms with E-state index in [-0.39, 0.29) is 34.7 Å². The van der Waals surface area contributed by atoms with E-state index < -0.39 is 77.7 Å². The highest BCUT2D eigenvalue weighted by atomic mass is 32.2. The highest BCUT2D eigenvalue weighted by molar-refractivity contribution is 8.13. The van der Waals surface area contributed by atoms with Crippen molar-refractivity contribution in [2.45, 2.75) is 37.5 Å². The lowest BCUT2D eigenvalue weighted by atomic mass is 9.94. The van der Waals surface area contributed by atoms with Gasteiger partial charge in [-0.25, -0.2) is 35.1 Å². The molecule has 0 aromatic heterocycles. The Morgan fingerprint density at radius 1 is 0.500 bits per heavy atom. The summed E-state index contributed by atoms with van der Waals surface area (Å²) in [4.78, 5) is 20.2. The highest BCUT2D eigenvalue weighted by Crippen LogP contribution is 2.33. The Morgan fingerprint density at radius 2 is 0.804 bits per heavy atom. The van der Waals surface area contributed by atoms with Gasteiger partial charge in [0.1, 0.15) is 11.1 Å². The molecule has 0 atom stereocenters. The summed E-state index contributed by atoms with van der Waals surface area (Å²) in [5.41, 5.74) is 0.961. The van der Waals surface area contributed by atoms with Gasteiger partial charge in [-0.1, -0.05) is 35.8 Å². The van der Waals surface area contributed by atoms with Gasteiger partial charge < -0.3 is 0 Å². The van der Waals surface area contributed by atoms with Crippen LogP contribution in [0, 0.1) is 84.1 Å². The number of benzene rings is 4. The average Bonchev–Trinajstić information content (AvgIpc) is 2.99. The lowest BCUT2D eigenvalue weighted by Crippen LogP contribution is -2.04. The first kappa shape index (κ1) is 34.4. The third kappa shape index (κ3) is 6.99. The number of hydrogen-bond acceptors (Lipinski definition) is 4. The molecule has 0 aliphatic carbocycles. The molecule has 0 aliphatic heterocycles. The summed E-state index contributed by atoms with van der Waals surface area (Å²) in [5.74, 6) is -4.65. The number of hydrogen-bond donors (Lipinski definition) is 0. The van der Waals surface area contributed by atoms with Crippen LogP contribution in [0.1, 0.15) is 47.2 Å². The first-order valence-corrected chi connectivity index (χ1v) is 14.6. The van der Waals surface area contributed by atoms with Gasteiger partial charge in [-0.05, 0) is 83.9 Å². The Kier molecular flexibility index (Phi) is 10.3. The molecular formula is C34H18F8O2S2. The summed E-state index contributed by atoms with van der Waals surface area (Å²) in [6.07, 6.45) is 0. The zero-order chi connectivity index (χ0) is 34.0. The first-order chi connectivity index (χ1) is 21.6. The van der Waals surface area contributed by atoms with Crippen LogP contribution in [0.5, 0.6) is 0 Å². The van der Waals surface area contributed by atoms with E-state index in [0.717, 1.165) is 13.8 Å². The lowest BCUT2D eigenvalue weighted by Gasteiger charge is -2.11. The molecule has 0 aliphatic rings. The van der Waals surface area contributed by atoms with Crippen LogP contribution in [0.25, 0.3) is 11.1 Å². The van der Waals surface area contributed by atoms with Crippen LogP contribution in [0.15, 0.2) is 46.2 Å². The van der Waals surface area contributed by atoms with E-state index in [4.69, 9.17) is 0 Å². The fourth-order valence-corrected chi connectivity index (χ4v) is 5.56. The third-order valence-corrected chi connectivity index (χ3v) is 8.04. The molecule has 0 amide bonds. The quantitative estimate of drug-likeness (QED) is 0.0940. The molecule has 0 fully saturated rings. The number of halogens is 8. The predicted octanol–water partition coefficient (Wildman–Crippen LogP) is 9.16. The molecule has 0 heterocycles. The highest BCUT2D eigenvalue weighted by Gasteiger charge is 2.27. The zero-order valence-corrected chi connectivity index (χ0v) is 25.8. The summed E-state index contributed by atoms with van der Waals surface area (Å²) in [6, 6.07) is 9.44. The van der Waals surface area contributed by atoms with Gasteiger partial charge in [0, 0.05) is 25.0 Å². The number of carbonyl (C=O) groups is 2. The molecule has 4 aromatic rings. The number of thioether (sulfide) groups is 2. The maximum atomic E-state index is 14.5. The molecule has 234 valence electrons. The van der Waals surface area contributed by atoms with Crippen molar-refractivity contribution in [1.82, 2.24) is 0 Å². The third-order valence-electron chi connectivity index (χ3n) is 6.34. The fraction of sp³-hybridized carbons (Fsp3) is 0.118. The lowest BCUT2D eigenvalue weighted by molar-refractivity contribution is -0.109. The molecule has 0 saturated heterocycles. The standard InChI is InChI=1S/C34H18F8O2S2/c1-15-13-19(7-11-23-25(35)29(39)33(45-17(3)43)30(40)26(23)36)5-9-21(15)22-10-6-20(14-16(22)2)8-12-24-27(37)31(41)34(46-18(4)44)32(42)28(24)38/h5-6,9-10,13-14H,1-4H3. The van der Waals surface area contributed by atoms with Gasteiger partial charge in [0.2, 0.25) is 0 Å². The van der Waals surface area contributed by atoms with Gasteiger partial charge in [0.05, 0.1) is 9.79 Å². The van der Waals surface area contributed by atoms with Crippen molar-refractivity contribution in [2.75, 3.05) is 0 Å². The molecule has 46 heavy (non-hydrogen) atoms. The van der Waals surface area contributed by atoms with Crippen LogP contribution in [0.3, 0.4) is 0 Å². The molecule has 0 bridgehead atoms. The molecule has 0 saturated carbocycles. The van der Waals surface area contributed by atoms with E-state index in [1.54, 1.807) is 38.1 Å². The molecule has 0 spiro atoms. The summed E-state index contributed by atoms with van der Waals surface area (Å²) in [7, 11) is 0. The van der Waals surface area contributed by atoms with Crippen LogP contribution in [-0.2, 0) is 9.59 Å². The number of rotatable bonds is 3. The van der Waals surface area contributed by atoms with Gasteiger partial charge in [-0.3, -0.25) is 9.59 Å². The smallest absolute Gasteiger partial charge is 0.190 e. The molecule has 12 heteroatoms. The minimum atomic E-state index is -1.73. The zero-order valence-electron chi connectivity index (χ0n) is 24.1. The van der Waals surface area contributed by atoms with Crippen LogP contribution in [0.4, 0.5) is 35.1 Å². The van der Waals surface area contributed by atoms with E-state index in [9.17, 15) is 44.7 Å². The van der Waals surface area contributed by atoms with Crippen molar-refractivity contribution in [3.8, 4) is 34.8 Å². The van der Waals surface area contributed by atoms with E-state index >= 15 is 0 Å². The molecule has 4 aromatic carbocycles. The van der Waals surface area contributed by atoms with E-state index in [1.807, 2.05) is 0 Å². The van der Waals surface area contributed by atoms with Crippen LogP contribution < -0.4 is 0 Å². The predicted molar refractivity (Wildman–Crippen MR) is 159 cm³/mol. The Hall–Kier alpha value is -4.52. The van der Waals surface area contributed by atoms with Crippen molar-refractivity contribution in [2.24, 2.45) is 0 Å². The Labute approximate surface area is 266 Å². The van der Waals surface area contributed by atoms with Crippen LogP contribution >= 0.6 is 23.5 Å². The summed E-state index contributed by atoms with van der Waals surface area (Å²) >= 11 is 0.0403. The summed E-state index contributed by atoms with van der Waals surface area (Å²) in [6.45, 7) is 5.40. The Bertz CT molecular complexity index is 1880. The Morgan fingerprint density at radius 3 is 1.07 bits per heavy atom. The van der Waals surface area contributed by atoms with Crippen LogP contribution in [-0.4, -0.2) is 10.2 Å². The van der Waals surface area contributed by atoms with Gasteiger partial charge in [0.15, 0.2) is 56.8 Å². The van der Waals surface area contributed by atoms with Crippen molar-refractivity contribution < 1.29 is 44.7 Å². The number of aryl methyl sites for hydroxylation is 2. The van der Waals surface area contributed by atoms with Crippen molar-refractivity contribution in [3.05, 3.63) is 116 Å². The van der Waals surface area contributed by atoms with Gasteiger partial charge >= 0.3 is 0 Å². The molecular weight excluding hydrogens is 656 g/mol. The largest absolute Gasteiger partial charge is 0.287 e. The fourth-order valence-electron chi connectivity index (χ4n) is 4.27. The van der Waals surface area contributed by atoms with Crippen LogP contribution in [0.2, 0.25) is 0 Å². The molecule has 0 N–H and O–H groups in total. The second kappa shape index (κ2) is 13.9. The summed E-state index contributed by atoms with van der Waals surface area (Å²) < 4.78 is 115. The van der Waals surface area contributed by atoms with Crippen molar-refractivity contribution >= 4 is 33.8 Å². The summed E-state index contributed by atoms with van der Waals surface area (Å²) in [5, 5.41) is -1.54. The maximum Gasteiger partial charge on any atom is 0.190 e. The van der Waals surface area contributed by atoms with Crippen molar-refractivity contribution in [3.63, 3.8) is 0 Å². The molecule has 0 unspecified atom stereocenters. The maximum absolute atomic E-state index is 14.5. The monoisotopic (exact) mass is 674 g/mol. The minimum Gasteiger partial charge on any atom is -0.287 e. The normalized spacial score (nSPS) is 10.6. The minimum absolute atomic E-state index is 0.0202. The molecule has 4 rings (SSSR count). The second-order valence-electron chi connectivity index (χ2n) is 9.67. The van der Waals surface area contributed by atoms with Gasteiger partial charge in [0.25, 0.3) is 0 Å². The van der Waals surface area contributed by atoms with Crippen molar-refractivity contribution in [1.29, 1.82) is 0 Å². The Balaban J connectivity index is 1.63. The van der Waals surface area contributed by atoms with Gasteiger partial charge in [-0.15, -0.1) is 0 Å². The molecule has 2 nitrogen and oxygen atoms in total. The average molecular weight is 675 g/mol. The van der Waals surface area contributed by atoms with E-state index in [1.165, 1.54) is 12.1 Å². The topological polar surface area (TPSA) is 34.1 Å².